The Labute approximate surface area is 114 Å². The average Bonchev–Trinajstić information content (AvgIpc) is 2.48. The molecule has 5 nitrogen and oxygen atoms in total. The van der Waals surface area contributed by atoms with Gasteiger partial charge in [0.1, 0.15) is 11.5 Å². The van der Waals surface area contributed by atoms with E-state index in [4.69, 9.17) is 4.74 Å². The molecule has 98 valence electrons. The van der Waals surface area contributed by atoms with Crippen LogP contribution in [0.2, 0.25) is 0 Å². The van der Waals surface area contributed by atoms with Gasteiger partial charge in [-0.3, -0.25) is 15.1 Å². The SMILES string of the molecule is O=[N+]([O-])c1ccc(Oc2ccc3ncccc3c2)cc1. The van der Waals surface area contributed by atoms with Crippen molar-refractivity contribution >= 4 is 16.6 Å². The minimum Gasteiger partial charge on any atom is -0.457 e. The quantitative estimate of drug-likeness (QED) is 0.532. The van der Waals surface area contributed by atoms with E-state index < -0.39 is 4.92 Å². The largest absolute Gasteiger partial charge is 0.457 e. The number of aromatic nitrogens is 1. The summed E-state index contributed by atoms with van der Waals surface area (Å²) in [6, 6.07) is 15.4. The molecule has 0 N–H and O–H groups in total. The van der Waals surface area contributed by atoms with Crippen LogP contribution in [0.1, 0.15) is 0 Å². The maximum atomic E-state index is 10.6. The fourth-order valence-corrected chi connectivity index (χ4v) is 1.89. The third-order valence-corrected chi connectivity index (χ3v) is 2.86. The molecule has 2 aromatic carbocycles. The van der Waals surface area contributed by atoms with Crippen LogP contribution in [0.25, 0.3) is 10.9 Å². The van der Waals surface area contributed by atoms with Gasteiger partial charge in [0.15, 0.2) is 0 Å². The van der Waals surface area contributed by atoms with Gasteiger partial charge >= 0.3 is 0 Å². The molecule has 0 saturated heterocycles. The van der Waals surface area contributed by atoms with Gasteiger partial charge in [-0.2, -0.15) is 0 Å². The number of nitrogens with zero attached hydrogens (tertiary/aromatic N) is 2. The monoisotopic (exact) mass is 266 g/mol. The zero-order valence-electron chi connectivity index (χ0n) is 10.4. The molecule has 0 aliphatic carbocycles. The van der Waals surface area contributed by atoms with Crippen LogP contribution < -0.4 is 4.74 Å². The molecule has 3 aromatic rings. The predicted octanol–water partition coefficient (Wildman–Crippen LogP) is 3.94. The summed E-state index contributed by atoms with van der Waals surface area (Å²) in [5.41, 5.74) is 0.934. The van der Waals surface area contributed by atoms with Crippen molar-refractivity contribution in [1.29, 1.82) is 0 Å². The smallest absolute Gasteiger partial charge is 0.269 e. The van der Waals surface area contributed by atoms with Gasteiger partial charge in [0.25, 0.3) is 5.69 Å². The van der Waals surface area contributed by atoms with Crippen LogP contribution in [0.5, 0.6) is 11.5 Å². The first kappa shape index (κ1) is 12.1. The predicted molar refractivity (Wildman–Crippen MR) is 74.9 cm³/mol. The van der Waals surface area contributed by atoms with Gasteiger partial charge in [0.05, 0.1) is 10.4 Å². The zero-order chi connectivity index (χ0) is 13.9. The van der Waals surface area contributed by atoms with Gasteiger partial charge in [-0.25, -0.2) is 0 Å². The van der Waals surface area contributed by atoms with E-state index in [1.807, 2.05) is 30.3 Å². The molecule has 0 amide bonds. The highest BCUT2D eigenvalue weighted by Crippen LogP contribution is 2.26. The Bertz CT molecular complexity index is 769. The number of ether oxygens (including phenoxy) is 1. The van der Waals surface area contributed by atoms with Crippen molar-refractivity contribution in [1.82, 2.24) is 4.98 Å². The Balaban J connectivity index is 1.87. The summed E-state index contributed by atoms with van der Waals surface area (Å²) in [6.07, 6.45) is 1.74. The molecule has 1 aromatic heterocycles. The summed E-state index contributed by atoms with van der Waals surface area (Å²) in [6.45, 7) is 0. The molecule has 3 rings (SSSR count). The first-order valence-corrected chi connectivity index (χ1v) is 5.99. The molecule has 0 fully saturated rings. The van der Waals surface area contributed by atoms with Crippen molar-refractivity contribution in [2.45, 2.75) is 0 Å². The third kappa shape index (κ3) is 2.42. The Morgan fingerprint density at radius 2 is 1.75 bits per heavy atom. The van der Waals surface area contributed by atoms with E-state index >= 15 is 0 Å². The summed E-state index contributed by atoms with van der Waals surface area (Å²) in [4.78, 5) is 14.4. The Morgan fingerprint density at radius 1 is 1.00 bits per heavy atom. The fourth-order valence-electron chi connectivity index (χ4n) is 1.89. The number of nitro groups is 1. The minimum absolute atomic E-state index is 0.0417. The molecule has 20 heavy (non-hydrogen) atoms. The van der Waals surface area contributed by atoms with Crippen molar-refractivity contribution in [2.24, 2.45) is 0 Å². The molecule has 0 radical (unpaired) electrons. The molecule has 0 unspecified atom stereocenters. The van der Waals surface area contributed by atoms with Crippen LogP contribution in [-0.2, 0) is 0 Å². The van der Waals surface area contributed by atoms with Crippen LogP contribution in [-0.4, -0.2) is 9.91 Å². The van der Waals surface area contributed by atoms with E-state index in [2.05, 4.69) is 4.98 Å². The fraction of sp³-hybridized carbons (Fsp3) is 0. The molecular weight excluding hydrogens is 256 g/mol. The first-order chi connectivity index (χ1) is 9.72. The van der Waals surface area contributed by atoms with Crippen LogP contribution in [0.3, 0.4) is 0 Å². The van der Waals surface area contributed by atoms with Crippen molar-refractivity contribution in [3.05, 3.63) is 70.9 Å². The molecule has 0 spiro atoms. The second-order valence-electron chi connectivity index (χ2n) is 4.21. The summed E-state index contributed by atoms with van der Waals surface area (Å²) in [5.74, 6) is 1.22. The maximum absolute atomic E-state index is 10.6. The average molecular weight is 266 g/mol. The standard InChI is InChI=1S/C15H10N2O3/c18-17(19)12-3-5-13(6-4-12)20-14-7-8-15-11(10-14)2-1-9-16-15/h1-10H. The summed E-state index contributed by atoms with van der Waals surface area (Å²) < 4.78 is 5.67. The first-order valence-electron chi connectivity index (χ1n) is 5.99. The Kier molecular flexibility index (Phi) is 3.01. The lowest BCUT2D eigenvalue weighted by molar-refractivity contribution is -0.384. The number of rotatable bonds is 3. The molecule has 5 heteroatoms. The number of fused-ring (bicyclic) bond motifs is 1. The van der Waals surface area contributed by atoms with E-state index in [1.165, 1.54) is 12.1 Å². The van der Waals surface area contributed by atoms with Crippen LogP contribution in [0.4, 0.5) is 5.69 Å². The van der Waals surface area contributed by atoms with E-state index in [0.717, 1.165) is 10.9 Å². The number of hydrogen-bond donors (Lipinski definition) is 0. The summed E-state index contributed by atoms with van der Waals surface area (Å²) >= 11 is 0. The number of non-ortho nitro benzene ring substituents is 1. The second kappa shape index (κ2) is 4.97. The van der Waals surface area contributed by atoms with E-state index in [-0.39, 0.29) is 5.69 Å². The molecule has 1 heterocycles. The molecule has 0 atom stereocenters. The van der Waals surface area contributed by atoms with Gasteiger partial charge < -0.3 is 4.74 Å². The van der Waals surface area contributed by atoms with Gasteiger partial charge in [-0.1, -0.05) is 6.07 Å². The van der Waals surface area contributed by atoms with Crippen LogP contribution in [0.15, 0.2) is 60.8 Å². The topological polar surface area (TPSA) is 65.3 Å². The van der Waals surface area contributed by atoms with Gasteiger partial charge in [-0.05, 0) is 36.4 Å². The molecular formula is C15H10N2O3. The highest BCUT2D eigenvalue weighted by molar-refractivity contribution is 5.79. The number of nitro benzene ring substituents is 1. The summed E-state index contributed by atoms with van der Waals surface area (Å²) in [5, 5.41) is 11.6. The van der Waals surface area contributed by atoms with Gasteiger partial charge in [0, 0.05) is 23.7 Å². The minimum atomic E-state index is -0.439. The highest BCUT2D eigenvalue weighted by atomic mass is 16.6. The normalized spacial score (nSPS) is 10.4. The number of benzene rings is 2. The highest BCUT2D eigenvalue weighted by Gasteiger charge is 2.05. The lowest BCUT2D eigenvalue weighted by atomic mass is 10.2. The number of pyridine rings is 1. The zero-order valence-corrected chi connectivity index (χ0v) is 10.4. The van der Waals surface area contributed by atoms with Crippen molar-refractivity contribution in [2.75, 3.05) is 0 Å². The summed E-state index contributed by atoms with van der Waals surface area (Å²) in [7, 11) is 0. The molecule has 0 saturated carbocycles. The van der Waals surface area contributed by atoms with E-state index in [9.17, 15) is 10.1 Å². The van der Waals surface area contributed by atoms with Gasteiger partial charge in [0.2, 0.25) is 0 Å². The molecule has 0 aliphatic heterocycles. The lowest BCUT2D eigenvalue weighted by Gasteiger charge is -2.06. The maximum Gasteiger partial charge on any atom is 0.269 e. The molecule has 0 aliphatic rings. The van der Waals surface area contributed by atoms with Crippen molar-refractivity contribution in [3.63, 3.8) is 0 Å². The van der Waals surface area contributed by atoms with E-state index in [1.54, 1.807) is 18.3 Å². The lowest BCUT2D eigenvalue weighted by Crippen LogP contribution is -1.88. The number of hydrogen-bond acceptors (Lipinski definition) is 4. The molecule has 0 bridgehead atoms. The van der Waals surface area contributed by atoms with Crippen molar-refractivity contribution in [3.8, 4) is 11.5 Å². The Hall–Kier alpha value is -2.95. The Morgan fingerprint density at radius 3 is 2.50 bits per heavy atom. The second-order valence-corrected chi connectivity index (χ2v) is 4.21. The van der Waals surface area contributed by atoms with Gasteiger partial charge in [-0.15, -0.1) is 0 Å². The van der Waals surface area contributed by atoms with E-state index in [0.29, 0.717) is 11.5 Å². The van der Waals surface area contributed by atoms with Crippen LogP contribution >= 0.6 is 0 Å². The van der Waals surface area contributed by atoms with Crippen molar-refractivity contribution < 1.29 is 9.66 Å². The third-order valence-electron chi connectivity index (χ3n) is 2.86. The van der Waals surface area contributed by atoms with Crippen LogP contribution in [0, 0.1) is 10.1 Å².